The molecule has 0 aliphatic carbocycles. The van der Waals surface area contributed by atoms with Gasteiger partial charge in [-0.2, -0.15) is 0 Å². The average Bonchev–Trinajstić information content (AvgIpc) is 2.37. The van der Waals surface area contributed by atoms with Crippen LogP contribution in [0.1, 0.15) is 32.1 Å². The van der Waals surface area contributed by atoms with E-state index in [2.05, 4.69) is 5.32 Å². The molecule has 2 saturated heterocycles. The predicted octanol–water partition coefficient (Wildman–Crippen LogP) is 1.30. The molecule has 2 aliphatic heterocycles. The van der Waals surface area contributed by atoms with Crippen molar-refractivity contribution in [3.8, 4) is 0 Å². The minimum atomic E-state index is 0.334. The van der Waals surface area contributed by atoms with Crippen molar-refractivity contribution in [2.45, 2.75) is 44.3 Å². The van der Waals surface area contributed by atoms with Gasteiger partial charge in [-0.15, -0.1) is 0 Å². The summed E-state index contributed by atoms with van der Waals surface area (Å²) in [5.41, 5.74) is 0. The third-order valence-electron chi connectivity index (χ3n) is 3.26. The van der Waals surface area contributed by atoms with Crippen molar-refractivity contribution in [2.75, 3.05) is 33.1 Å². The van der Waals surface area contributed by atoms with Gasteiger partial charge in [0.15, 0.2) is 0 Å². The number of ether oxygens (including phenoxy) is 3. The summed E-state index contributed by atoms with van der Waals surface area (Å²) >= 11 is 0. The molecule has 2 atom stereocenters. The SMILES string of the molecule is C1CCC(CCNCC2CCOCO2)OC1. The fourth-order valence-corrected chi connectivity index (χ4v) is 2.22. The molecule has 0 aromatic heterocycles. The molecule has 0 bridgehead atoms. The van der Waals surface area contributed by atoms with E-state index < -0.39 is 0 Å². The molecule has 0 radical (unpaired) electrons. The van der Waals surface area contributed by atoms with Crippen molar-refractivity contribution in [3.05, 3.63) is 0 Å². The zero-order chi connectivity index (χ0) is 11.1. The topological polar surface area (TPSA) is 39.7 Å². The smallest absolute Gasteiger partial charge is 0.147 e. The van der Waals surface area contributed by atoms with E-state index in [4.69, 9.17) is 14.2 Å². The van der Waals surface area contributed by atoms with Gasteiger partial charge in [-0.3, -0.25) is 0 Å². The molecule has 2 rings (SSSR count). The van der Waals surface area contributed by atoms with Crippen molar-refractivity contribution in [3.63, 3.8) is 0 Å². The first-order valence-electron chi connectivity index (χ1n) is 6.47. The third kappa shape index (κ3) is 4.37. The van der Waals surface area contributed by atoms with Gasteiger partial charge >= 0.3 is 0 Å². The summed E-state index contributed by atoms with van der Waals surface area (Å²) in [6.45, 7) is 4.21. The molecule has 2 heterocycles. The van der Waals surface area contributed by atoms with E-state index >= 15 is 0 Å². The van der Waals surface area contributed by atoms with Crippen LogP contribution in [0.2, 0.25) is 0 Å². The maximum Gasteiger partial charge on any atom is 0.147 e. The molecule has 2 fully saturated rings. The van der Waals surface area contributed by atoms with Crippen molar-refractivity contribution in [1.29, 1.82) is 0 Å². The molecule has 2 aliphatic rings. The Morgan fingerprint density at radius 3 is 2.75 bits per heavy atom. The molecule has 4 heteroatoms. The van der Waals surface area contributed by atoms with Gasteiger partial charge < -0.3 is 19.5 Å². The Kier molecular flexibility index (Phi) is 5.55. The molecule has 0 saturated carbocycles. The lowest BCUT2D eigenvalue weighted by Crippen LogP contribution is -2.35. The van der Waals surface area contributed by atoms with Gasteiger partial charge in [0, 0.05) is 13.2 Å². The van der Waals surface area contributed by atoms with Crippen LogP contribution in [0.25, 0.3) is 0 Å². The molecule has 0 aromatic carbocycles. The minimum absolute atomic E-state index is 0.334. The lowest BCUT2D eigenvalue weighted by molar-refractivity contribution is -0.137. The van der Waals surface area contributed by atoms with E-state index in [1.54, 1.807) is 0 Å². The summed E-state index contributed by atoms with van der Waals surface area (Å²) in [5.74, 6) is 0. The Hall–Kier alpha value is -0.160. The molecule has 1 N–H and O–H groups in total. The Labute approximate surface area is 97.6 Å². The fraction of sp³-hybridized carbons (Fsp3) is 1.00. The number of hydrogen-bond donors (Lipinski definition) is 1. The van der Waals surface area contributed by atoms with Crippen LogP contribution in [0.5, 0.6) is 0 Å². The first-order valence-corrected chi connectivity index (χ1v) is 6.47. The van der Waals surface area contributed by atoms with E-state index in [1.807, 2.05) is 0 Å². The molecule has 0 spiro atoms. The number of hydrogen-bond acceptors (Lipinski definition) is 4. The Morgan fingerprint density at radius 2 is 2.00 bits per heavy atom. The highest BCUT2D eigenvalue weighted by Crippen LogP contribution is 2.14. The zero-order valence-corrected chi connectivity index (χ0v) is 9.95. The Morgan fingerprint density at radius 1 is 1.00 bits per heavy atom. The molecule has 4 nitrogen and oxygen atoms in total. The summed E-state index contributed by atoms with van der Waals surface area (Å²) in [4.78, 5) is 0. The van der Waals surface area contributed by atoms with Crippen LogP contribution in [0, 0.1) is 0 Å². The maximum absolute atomic E-state index is 5.68. The molecular weight excluding hydrogens is 206 g/mol. The highest BCUT2D eigenvalue weighted by molar-refractivity contribution is 4.67. The van der Waals surface area contributed by atoms with Gasteiger partial charge in [0.05, 0.1) is 18.8 Å². The largest absolute Gasteiger partial charge is 0.378 e. The minimum Gasteiger partial charge on any atom is -0.378 e. The summed E-state index contributed by atoms with van der Waals surface area (Å²) in [7, 11) is 0. The van der Waals surface area contributed by atoms with Crippen LogP contribution in [-0.2, 0) is 14.2 Å². The van der Waals surface area contributed by atoms with Gasteiger partial charge in [-0.05, 0) is 38.6 Å². The van der Waals surface area contributed by atoms with Gasteiger partial charge in [-0.25, -0.2) is 0 Å². The van der Waals surface area contributed by atoms with Gasteiger partial charge in [0.1, 0.15) is 6.79 Å². The highest BCUT2D eigenvalue weighted by Gasteiger charge is 2.15. The first kappa shape index (κ1) is 12.3. The Bertz CT molecular complexity index is 157. The lowest BCUT2D eigenvalue weighted by Gasteiger charge is -2.25. The highest BCUT2D eigenvalue weighted by atomic mass is 16.7. The van der Waals surface area contributed by atoms with E-state index in [-0.39, 0.29) is 0 Å². The van der Waals surface area contributed by atoms with E-state index in [9.17, 15) is 0 Å². The lowest BCUT2D eigenvalue weighted by atomic mass is 10.1. The standard InChI is InChI=1S/C12H23NO3/c1-2-7-15-11(3-1)4-6-13-9-12-5-8-14-10-16-12/h11-13H,1-10H2. The summed E-state index contributed by atoms with van der Waals surface area (Å²) < 4.78 is 16.3. The van der Waals surface area contributed by atoms with Crippen molar-refractivity contribution < 1.29 is 14.2 Å². The van der Waals surface area contributed by atoms with Gasteiger partial charge in [0.2, 0.25) is 0 Å². The van der Waals surface area contributed by atoms with Crippen LogP contribution in [-0.4, -0.2) is 45.3 Å². The second kappa shape index (κ2) is 7.22. The average molecular weight is 229 g/mol. The predicted molar refractivity (Wildman–Crippen MR) is 61.4 cm³/mol. The summed E-state index contributed by atoms with van der Waals surface area (Å²) in [5, 5.41) is 3.44. The Balaban J connectivity index is 1.47. The van der Waals surface area contributed by atoms with Crippen molar-refractivity contribution in [1.82, 2.24) is 5.32 Å². The second-order valence-corrected chi connectivity index (χ2v) is 4.58. The van der Waals surface area contributed by atoms with Crippen LogP contribution in [0.4, 0.5) is 0 Å². The molecule has 2 unspecified atom stereocenters. The molecule has 94 valence electrons. The number of nitrogens with one attached hydrogen (secondary N) is 1. The number of rotatable bonds is 5. The maximum atomic E-state index is 5.68. The van der Waals surface area contributed by atoms with E-state index in [0.717, 1.165) is 39.1 Å². The monoisotopic (exact) mass is 229 g/mol. The normalized spacial score (nSPS) is 31.5. The van der Waals surface area contributed by atoms with Crippen LogP contribution in [0.3, 0.4) is 0 Å². The first-order chi connectivity index (χ1) is 7.95. The van der Waals surface area contributed by atoms with Gasteiger partial charge in [0.25, 0.3) is 0 Å². The zero-order valence-electron chi connectivity index (χ0n) is 9.95. The molecule has 0 amide bonds. The van der Waals surface area contributed by atoms with E-state index in [0.29, 0.717) is 19.0 Å². The second-order valence-electron chi connectivity index (χ2n) is 4.58. The third-order valence-corrected chi connectivity index (χ3v) is 3.26. The summed E-state index contributed by atoms with van der Waals surface area (Å²) in [6, 6.07) is 0. The molecule has 16 heavy (non-hydrogen) atoms. The quantitative estimate of drug-likeness (QED) is 0.721. The fourth-order valence-electron chi connectivity index (χ4n) is 2.22. The van der Waals surface area contributed by atoms with Crippen molar-refractivity contribution in [2.24, 2.45) is 0 Å². The van der Waals surface area contributed by atoms with Crippen LogP contribution in [0.15, 0.2) is 0 Å². The molecule has 0 aromatic rings. The van der Waals surface area contributed by atoms with Crippen LogP contribution >= 0.6 is 0 Å². The molecular formula is C12H23NO3. The summed E-state index contributed by atoms with van der Waals surface area (Å²) in [6.07, 6.45) is 6.75. The van der Waals surface area contributed by atoms with E-state index in [1.165, 1.54) is 19.3 Å². The van der Waals surface area contributed by atoms with Crippen molar-refractivity contribution >= 4 is 0 Å². The van der Waals surface area contributed by atoms with Crippen LogP contribution < -0.4 is 5.32 Å². The van der Waals surface area contributed by atoms with Gasteiger partial charge in [-0.1, -0.05) is 0 Å².